The molecule has 0 spiro atoms. The van der Waals surface area contributed by atoms with Crippen molar-refractivity contribution in [3.05, 3.63) is 17.2 Å². The summed E-state index contributed by atoms with van der Waals surface area (Å²) in [4.78, 5) is 10.2. The van der Waals surface area contributed by atoms with Gasteiger partial charge >= 0.3 is 0 Å². The highest BCUT2D eigenvalue weighted by Crippen LogP contribution is 1.98. The zero-order chi connectivity index (χ0) is 7.40. The van der Waals surface area contributed by atoms with Gasteiger partial charge in [0.15, 0.2) is 0 Å². The van der Waals surface area contributed by atoms with Gasteiger partial charge in [0.25, 0.3) is 0 Å². The minimum atomic E-state index is -0.479. The summed E-state index contributed by atoms with van der Waals surface area (Å²) in [5.74, 6) is -0.479. The number of nitrogens with two attached hydrogens (primary N) is 1. The fraction of sp³-hybridized carbons (Fsp3) is 0. The third kappa shape index (κ3) is 1.94. The fourth-order valence-corrected chi connectivity index (χ4v) is 0.834. The minimum absolute atomic E-state index is 0.479. The smallest absolute Gasteiger partial charge is 0.241 e. The molecule has 0 saturated carbocycles. The Bertz CT molecular complexity index is 241. The van der Waals surface area contributed by atoms with E-state index in [9.17, 15) is 4.79 Å². The molecule has 2 N–H and O–H groups in total. The Labute approximate surface area is 61.5 Å². The number of aromatic nitrogens is 2. The fourth-order valence-electron chi connectivity index (χ4n) is 0.412. The first-order chi connectivity index (χ1) is 4.79. The first-order valence-corrected chi connectivity index (χ1v) is 3.37. The van der Waals surface area contributed by atoms with Crippen molar-refractivity contribution in [2.24, 2.45) is 5.73 Å². The predicted octanol–water partition coefficient (Wildman–Crippen LogP) is 0.0366. The average molecular weight is 155 g/mol. The lowest BCUT2D eigenvalue weighted by Gasteiger charge is -1.77. The van der Waals surface area contributed by atoms with Gasteiger partial charge in [0.05, 0.1) is 5.69 Å². The molecule has 0 aliphatic carbocycles. The van der Waals surface area contributed by atoms with Crippen LogP contribution in [0.15, 0.2) is 11.5 Å². The second kappa shape index (κ2) is 3.07. The van der Waals surface area contributed by atoms with E-state index >= 15 is 0 Å². The van der Waals surface area contributed by atoms with Crippen LogP contribution in [0.5, 0.6) is 0 Å². The Kier molecular flexibility index (Phi) is 2.11. The van der Waals surface area contributed by atoms with E-state index in [0.29, 0.717) is 5.69 Å². The van der Waals surface area contributed by atoms with Gasteiger partial charge in [0, 0.05) is 11.5 Å². The summed E-state index contributed by atoms with van der Waals surface area (Å²) in [5, 5.41) is 5.38. The summed E-state index contributed by atoms with van der Waals surface area (Å²) in [6, 6.07) is 0. The summed E-state index contributed by atoms with van der Waals surface area (Å²) >= 11 is 1.23. The SMILES string of the molecule is NC(=O)C=Cc1csnn1. The molecule has 0 aromatic carbocycles. The number of carbonyl (C=O) groups is 1. The summed E-state index contributed by atoms with van der Waals surface area (Å²) in [7, 11) is 0. The van der Waals surface area contributed by atoms with Crippen LogP contribution in [0.25, 0.3) is 6.08 Å². The van der Waals surface area contributed by atoms with Crippen LogP contribution in [-0.4, -0.2) is 15.5 Å². The highest BCUT2D eigenvalue weighted by molar-refractivity contribution is 7.03. The average Bonchev–Trinajstić information content (AvgIpc) is 2.34. The monoisotopic (exact) mass is 155 g/mol. The van der Waals surface area contributed by atoms with Crippen molar-refractivity contribution in [2.45, 2.75) is 0 Å². The van der Waals surface area contributed by atoms with Crippen molar-refractivity contribution in [1.29, 1.82) is 0 Å². The highest BCUT2D eigenvalue weighted by atomic mass is 32.1. The predicted molar refractivity (Wildman–Crippen MR) is 38.1 cm³/mol. The molecule has 0 aliphatic heterocycles. The maximum Gasteiger partial charge on any atom is 0.241 e. The molecule has 0 radical (unpaired) electrons. The molecule has 0 unspecified atom stereocenters. The lowest BCUT2D eigenvalue weighted by molar-refractivity contribution is -0.113. The van der Waals surface area contributed by atoms with E-state index in [1.165, 1.54) is 23.7 Å². The topological polar surface area (TPSA) is 68.9 Å². The first kappa shape index (κ1) is 6.88. The van der Waals surface area contributed by atoms with Gasteiger partial charge < -0.3 is 5.73 Å². The van der Waals surface area contributed by atoms with Crippen LogP contribution in [0.2, 0.25) is 0 Å². The largest absolute Gasteiger partial charge is 0.366 e. The normalized spacial score (nSPS) is 10.4. The van der Waals surface area contributed by atoms with E-state index < -0.39 is 5.91 Å². The Balaban J connectivity index is 2.64. The van der Waals surface area contributed by atoms with E-state index in [1.54, 1.807) is 5.38 Å². The van der Waals surface area contributed by atoms with Crippen molar-refractivity contribution in [2.75, 3.05) is 0 Å². The van der Waals surface area contributed by atoms with E-state index in [0.717, 1.165) is 0 Å². The van der Waals surface area contributed by atoms with Gasteiger partial charge in [-0.25, -0.2) is 0 Å². The number of carbonyl (C=O) groups excluding carboxylic acids is 1. The van der Waals surface area contributed by atoms with Crippen molar-refractivity contribution >= 4 is 23.5 Å². The zero-order valence-corrected chi connectivity index (χ0v) is 5.84. The molecular weight excluding hydrogens is 150 g/mol. The van der Waals surface area contributed by atoms with E-state index in [1.807, 2.05) is 0 Å². The second-order valence-corrected chi connectivity index (χ2v) is 2.18. The molecule has 0 atom stereocenters. The van der Waals surface area contributed by atoms with Gasteiger partial charge in [-0.3, -0.25) is 4.79 Å². The zero-order valence-electron chi connectivity index (χ0n) is 5.02. The van der Waals surface area contributed by atoms with E-state index in [-0.39, 0.29) is 0 Å². The number of rotatable bonds is 2. The van der Waals surface area contributed by atoms with Crippen molar-refractivity contribution < 1.29 is 4.79 Å². The van der Waals surface area contributed by atoms with Crippen LogP contribution in [0.1, 0.15) is 5.69 Å². The molecular formula is C5H5N3OS. The third-order valence-corrected chi connectivity index (χ3v) is 1.32. The molecule has 0 fully saturated rings. The Morgan fingerprint density at radius 3 is 3.10 bits per heavy atom. The van der Waals surface area contributed by atoms with E-state index in [4.69, 9.17) is 5.73 Å². The standard InChI is InChI=1S/C5H5N3OS/c6-5(9)2-1-4-3-10-8-7-4/h1-3H,(H2,6,9). The maximum atomic E-state index is 10.2. The highest BCUT2D eigenvalue weighted by Gasteiger charge is 1.88. The van der Waals surface area contributed by atoms with Gasteiger partial charge in [-0.1, -0.05) is 4.49 Å². The molecule has 0 saturated heterocycles. The third-order valence-electron chi connectivity index (χ3n) is 0.795. The number of nitrogens with zero attached hydrogens (tertiary/aromatic N) is 2. The Morgan fingerprint density at radius 1 is 1.80 bits per heavy atom. The number of hydrogen-bond acceptors (Lipinski definition) is 4. The molecule has 1 heterocycles. The van der Waals surface area contributed by atoms with Gasteiger partial charge in [-0.05, 0) is 17.6 Å². The Morgan fingerprint density at radius 2 is 2.60 bits per heavy atom. The molecule has 1 aromatic rings. The lowest BCUT2D eigenvalue weighted by atomic mass is 10.4. The van der Waals surface area contributed by atoms with Gasteiger partial charge in [0.1, 0.15) is 0 Å². The number of amides is 1. The van der Waals surface area contributed by atoms with Gasteiger partial charge in [-0.2, -0.15) is 0 Å². The molecule has 1 rings (SSSR count). The second-order valence-electron chi connectivity index (χ2n) is 1.57. The molecule has 0 aliphatic rings. The molecule has 4 nitrogen and oxygen atoms in total. The number of primary amides is 1. The van der Waals surface area contributed by atoms with Crippen molar-refractivity contribution in [3.8, 4) is 0 Å². The lowest BCUT2D eigenvalue weighted by Crippen LogP contribution is -2.05. The van der Waals surface area contributed by atoms with Crippen molar-refractivity contribution in [3.63, 3.8) is 0 Å². The molecule has 1 aromatic heterocycles. The molecule has 10 heavy (non-hydrogen) atoms. The summed E-state index contributed by atoms with van der Waals surface area (Å²) in [5.41, 5.74) is 5.49. The summed E-state index contributed by atoms with van der Waals surface area (Å²) in [6.45, 7) is 0. The summed E-state index contributed by atoms with van der Waals surface area (Å²) < 4.78 is 3.59. The Hall–Kier alpha value is -1.23. The van der Waals surface area contributed by atoms with Crippen LogP contribution >= 0.6 is 11.5 Å². The van der Waals surface area contributed by atoms with Gasteiger partial charge in [-0.15, -0.1) is 5.10 Å². The van der Waals surface area contributed by atoms with Crippen molar-refractivity contribution in [1.82, 2.24) is 9.59 Å². The van der Waals surface area contributed by atoms with Crippen LogP contribution < -0.4 is 5.73 Å². The molecule has 0 bridgehead atoms. The molecule has 52 valence electrons. The quantitative estimate of drug-likeness (QED) is 0.613. The minimum Gasteiger partial charge on any atom is -0.366 e. The summed E-state index contributed by atoms with van der Waals surface area (Å²) in [6.07, 6.45) is 2.77. The van der Waals surface area contributed by atoms with Crippen LogP contribution in [0.4, 0.5) is 0 Å². The molecule has 1 amide bonds. The van der Waals surface area contributed by atoms with Crippen LogP contribution in [-0.2, 0) is 4.79 Å². The van der Waals surface area contributed by atoms with Crippen LogP contribution in [0.3, 0.4) is 0 Å². The first-order valence-electron chi connectivity index (χ1n) is 2.53. The maximum absolute atomic E-state index is 10.2. The van der Waals surface area contributed by atoms with Gasteiger partial charge in [0.2, 0.25) is 5.91 Å². The van der Waals surface area contributed by atoms with E-state index in [2.05, 4.69) is 9.59 Å². The molecule has 5 heteroatoms. The van der Waals surface area contributed by atoms with Crippen LogP contribution in [0, 0.1) is 0 Å². The number of hydrogen-bond donors (Lipinski definition) is 1.